The van der Waals surface area contributed by atoms with Crippen LogP contribution in [0.25, 0.3) is 16.8 Å². The number of hydrogen-bond acceptors (Lipinski definition) is 9. The molecule has 1 unspecified atom stereocenters. The van der Waals surface area contributed by atoms with E-state index in [-0.39, 0.29) is 31.0 Å². The van der Waals surface area contributed by atoms with E-state index in [2.05, 4.69) is 4.99 Å². The summed E-state index contributed by atoms with van der Waals surface area (Å²) in [7, 11) is 1.47. The topological polar surface area (TPSA) is 105 Å². The van der Waals surface area contributed by atoms with Gasteiger partial charge in [-0.25, -0.2) is 14.6 Å². The molecule has 9 nitrogen and oxygen atoms in total. The molecular formula is C32H30N2O7S. The minimum atomic E-state index is -0.831. The number of hydrogen-bond donors (Lipinski definition) is 0. The quantitative estimate of drug-likeness (QED) is 0.274. The van der Waals surface area contributed by atoms with Crippen molar-refractivity contribution < 1.29 is 28.5 Å². The number of carbonyl (C=O) groups excluding carboxylic acids is 2. The molecule has 3 aromatic carbocycles. The van der Waals surface area contributed by atoms with Gasteiger partial charge in [-0.2, -0.15) is 0 Å². The van der Waals surface area contributed by atoms with E-state index in [1.54, 1.807) is 39.0 Å². The van der Waals surface area contributed by atoms with Crippen molar-refractivity contribution in [2.24, 2.45) is 4.99 Å². The van der Waals surface area contributed by atoms with Gasteiger partial charge in [-0.1, -0.05) is 59.9 Å². The third kappa shape index (κ3) is 5.58. The highest BCUT2D eigenvalue weighted by Gasteiger charge is 2.34. The SMILES string of the molecule is CCOC(=O)COc1ccc(C2C(C(=O)OCC)=C(C)N=c3s/c(=C\c4cccc5ccccc45)c(=O)n32)cc1OC. The van der Waals surface area contributed by atoms with Crippen molar-refractivity contribution in [3.05, 3.63) is 103 Å². The number of esters is 2. The van der Waals surface area contributed by atoms with E-state index < -0.39 is 18.0 Å². The summed E-state index contributed by atoms with van der Waals surface area (Å²) in [5, 5.41) is 2.09. The minimum absolute atomic E-state index is 0.164. The van der Waals surface area contributed by atoms with Crippen LogP contribution in [0.1, 0.15) is 37.9 Å². The van der Waals surface area contributed by atoms with Crippen LogP contribution in [0.3, 0.4) is 0 Å². The number of aromatic nitrogens is 1. The first-order valence-corrected chi connectivity index (χ1v) is 14.3. The molecule has 0 amide bonds. The van der Waals surface area contributed by atoms with Crippen LogP contribution in [0.2, 0.25) is 0 Å². The standard InChI is InChI=1S/C32H30N2O7S/c1-5-39-27(35)18-41-24-15-14-22(16-25(24)38-4)29-28(31(37)40-6-2)19(3)33-32-34(29)30(36)26(42-32)17-21-12-9-11-20-10-7-8-13-23(20)21/h7-17,29H,5-6,18H2,1-4H3/b26-17-. The molecule has 10 heteroatoms. The monoisotopic (exact) mass is 586 g/mol. The lowest BCUT2D eigenvalue weighted by molar-refractivity contribution is -0.145. The summed E-state index contributed by atoms with van der Waals surface area (Å²) >= 11 is 1.26. The molecule has 0 bridgehead atoms. The second-order valence-electron chi connectivity index (χ2n) is 9.37. The van der Waals surface area contributed by atoms with E-state index in [9.17, 15) is 14.4 Å². The van der Waals surface area contributed by atoms with Crippen LogP contribution in [-0.2, 0) is 19.1 Å². The van der Waals surface area contributed by atoms with E-state index in [0.717, 1.165) is 16.3 Å². The van der Waals surface area contributed by atoms with E-state index in [0.29, 0.717) is 32.1 Å². The van der Waals surface area contributed by atoms with Crippen molar-refractivity contribution in [2.45, 2.75) is 26.8 Å². The molecule has 0 saturated carbocycles. The average Bonchev–Trinajstić information content (AvgIpc) is 3.29. The van der Waals surface area contributed by atoms with Crippen molar-refractivity contribution in [1.82, 2.24) is 4.57 Å². The van der Waals surface area contributed by atoms with Crippen LogP contribution < -0.4 is 24.4 Å². The van der Waals surface area contributed by atoms with Gasteiger partial charge >= 0.3 is 11.9 Å². The van der Waals surface area contributed by atoms with E-state index >= 15 is 0 Å². The Morgan fingerprint density at radius 1 is 1.00 bits per heavy atom. The zero-order valence-corrected chi connectivity index (χ0v) is 24.5. The molecule has 5 rings (SSSR count). The first-order chi connectivity index (χ1) is 20.4. The first kappa shape index (κ1) is 28.8. The number of fused-ring (bicyclic) bond motifs is 2. The molecule has 216 valence electrons. The number of benzene rings is 3. The Morgan fingerprint density at radius 2 is 1.76 bits per heavy atom. The number of thiazole rings is 1. The van der Waals surface area contributed by atoms with Crippen LogP contribution in [0, 0.1) is 0 Å². The average molecular weight is 587 g/mol. The molecule has 0 saturated heterocycles. The number of ether oxygens (including phenoxy) is 4. The fourth-order valence-electron chi connectivity index (χ4n) is 4.94. The summed E-state index contributed by atoms with van der Waals surface area (Å²) in [6.07, 6.45) is 1.86. The van der Waals surface area contributed by atoms with Gasteiger partial charge in [0.05, 0.1) is 42.2 Å². The smallest absolute Gasteiger partial charge is 0.344 e. The van der Waals surface area contributed by atoms with Gasteiger partial charge in [0.15, 0.2) is 22.9 Å². The van der Waals surface area contributed by atoms with Gasteiger partial charge < -0.3 is 18.9 Å². The van der Waals surface area contributed by atoms with Gasteiger partial charge in [0.1, 0.15) is 0 Å². The predicted molar refractivity (Wildman–Crippen MR) is 159 cm³/mol. The molecule has 0 N–H and O–H groups in total. The Hall–Kier alpha value is -4.70. The summed E-state index contributed by atoms with van der Waals surface area (Å²) in [5.41, 5.74) is 1.92. The molecule has 1 aliphatic rings. The lowest BCUT2D eigenvalue weighted by Gasteiger charge is -2.25. The molecule has 0 aliphatic carbocycles. The second-order valence-corrected chi connectivity index (χ2v) is 10.4. The molecular weight excluding hydrogens is 556 g/mol. The van der Waals surface area contributed by atoms with Crippen LogP contribution in [0.5, 0.6) is 11.5 Å². The zero-order valence-electron chi connectivity index (χ0n) is 23.7. The van der Waals surface area contributed by atoms with E-state index in [1.165, 1.54) is 23.0 Å². The van der Waals surface area contributed by atoms with Crippen LogP contribution in [0.4, 0.5) is 0 Å². The molecule has 1 atom stereocenters. The zero-order chi connectivity index (χ0) is 29.8. The van der Waals surface area contributed by atoms with Gasteiger partial charge in [0.2, 0.25) is 0 Å². The van der Waals surface area contributed by atoms with Crippen LogP contribution >= 0.6 is 11.3 Å². The van der Waals surface area contributed by atoms with E-state index in [1.807, 2.05) is 48.5 Å². The van der Waals surface area contributed by atoms with Crippen molar-refractivity contribution in [2.75, 3.05) is 26.9 Å². The Kier molecular flexibility index (Phi) is 8.53. The number of nitrogens with zero attached hydrogens (tertiary/aromatic N) is 2. The van der Waals surface area contributed by atoms with Gasteiger partial charge in [-0.3, -0.25) is 9.36 Å². The van der Waals surface area contributed by atoms with Crippen molar-refractivity contribution in [1.29, 1.82) is 0 Å². The third-order valence-electron chi connectivity index (χ3n) is 6.78. The van der Waals surface area contributed by atoms with Crippen LogP contribution in [0.15, 0.2) is 81.7 Å². The number of carbonyl (C=O) groups is 2. The summed E-state index contributed by atoms with van der Waals surface area (Å²) in [6, 6.07) is 18.1. The Balaban J connectivity index is 1.66. The highest BCUT2D eigenvalue weighted by atomic mass is 32.1. The van der Waals surface area contributed by atoms with E-state index in [4.69, 9.17) is 18.9 Å². The Morgan fingerprint density at radius 3 is 2.52 bits per heavy atom. The minimum Gasteiger partial charge on any atom is -0.493 e. The van der Waals surface area contributed by atoms with Gasteiger partial charge in [0.25, 0.3) is 5.56 Å². The largest absolute Gasteiger partial charge is 0.493 e. The number of allylic oxidation sites excluding steroid dienone is 1. The normalized spacial score (nSPS) is 14.8. The summed E-state index contributed by atoms with van der Waals surface area (Å²) in [5.74, 6) is -0.428. The molecule has 4 aromatic rings. The van der Waals surface area contributed by atoms with Gasteiger partial charge in [0, 0.05) is 0 Å². The number of methoxy groups -OCH3 is 1. The maximum atomic E-state index is 14.0. The fourth-order valence-corrected chi connectivity index (χ4v) is 5.97. The summed E-state index contributed by atoms with van der Waals surface area (Å²) < 4.78 is 23.5. The van der Waals surface area contributed by atoms with Crippen molar-refractivity contribution in [3.63, 3.8) is 0 Å². The highest BCUT2D eigenvalue weighted by Crippen LogP contribution is 2.36. The second kappa shape index (κ2) is 12.4. The fraction of sp³-hybridized carbons (Fsp3) is 0.250. The molecule has 1 aliphatic heterocycles. The molecule has 1 aromatic heterocycles. The first-order valence-electron chi connectivity index (χ1n) is 13.5. The predicted octanol–water partition coefficient (Wildman–Crippen LogP) is 3.90. The maximum Gasteiger partial charge on any atom is 0.344 e. The summed E-state index contributed by atoms with van der Waals surface area (Å²) in [4.78, 5) is 44.2. The Labute approximate surface area is 245 Å². The molecule has 0 fully saturated rings. The number of rotatable bonds is 9. The summed E-state index contributed by atoms with van der Waals surface area (Å²) in [6.45, 7) is 5.28. The van der Waals surface area contributed by atoms with Crippen molar-refractivity contribution in [3.8, 4) is 11.5 Å². The van der Waals surface area contributed by atoms with Crippen LogP contribution in [-0.4, -0.2) is 43.4 Å². The third-order valence-corrected chi connectivity index (χ3v) is 7.76. The lowest BCUT2D eigenvalue weighted by atomic mass is 9.95. The van der Waals surface area contributed by atoms with Crippen molar-refractivity contribution >= 4 is 40.1 Å². The Bertz CT molecular complexity index is 1880. The van der Waals surface area contributed by atoms with Gasteiger partial charge in [-0.05, 0) is 60.9 Å². The van der Waals surface area contributed by atoms with Gasteiger partial charge in [-0.15, -0.1) is 0 Å². The lowest BCUT2D eigenvalue weighted by Crippen LogP contribution is -2.40. The molecule has 0 spiro atoms. The maximum absolute atomic E-state index is 14.0. The molecule has 2 heterocycles. The molecule has 42 heavy (non-hydrogen) atoms. The molecule has 0 radical (unpaired) electrons. The highest BCUT2D eigenvalue weighted by molar-refractivity contribution is 7.07.